The van der Waals surface area contributed by atoms with Gasteiger partial charge in [0.1, 0.15) is 6.61 Å². The number of aryl methyl sites for hydroxylation is 1. The van der Waals surface area contributed by atoms with Crippen LogP contribution in [-0.4, -0.2) is 4.57 Å². The summed E-state index contributed by atoms with van der Waals surface area (Å²) in [4.78, 5) is 4.68. The first-order chi connectivity index (χ1) is 7.27. The lowest BCUT2D eigenvalue weighted by atomic mass is 10.2. The highest BCUT2D eigenvalue weighted by Crippen LogP contribution is 2.27. The van der Waals surface area contributed by atoms with Crippen LogP contribution in [0.5, 0.6) is 0 Å². The molecule has 0 fully saturated rings. The van der Waals surface area contributed by atoms with E-state index in [-0.39, 0.29) is 0 Å². The van der Waals surface area contributed by atoms with Gasteiger partial charge in [0, 0.05) is 28.2 Å². The number of halogens is 1. The molecule has 0 bridgehead atoms. The molecule has 0 spiro atoms. The maximum Gasteiger partial charge on any atom is 0.108 e. The van der Waals surface area contributed by atoms with Crippen LogP contribution < -0.4 is 5.90 Å². The zero-order chi connectivity index (χ0) is 10.8. The lowest BCUT2D eigenvalue weighted by Crippen LogP contribution is -2.05. The van der Waals surface area contributed by atoms with E-state index in [1.165, 1.54) is 0 Å². The van der Waals surface area contributed by atoms with Gasteiger partial charge < -0.3 is 4.57 Å². The molecule has 0 atom stereocenters. The van der Waals surface area contributed by atoms with Gasteiger partial charge >= 0.3 is 0 Å². The molecule has 3 nitrogen and oxygen atoms in total. The van der Waals surface area contributed by atoms with E-state index < -0.39 is 0 Å². The van der Waals surface area contributed by atoms with E-state index in [0.29, 0.717) is 6.61 Å². The molecule has 0 radical (unpaired) electrons. The quantitative estimate of drug-likeness (QED) is 0.815. The van der Waals surface area contributed by atoms with Crippen molar-refractivity contribution in [2.45, 2.75) is 20.1 Å². The number of aromatic nitrogens is 1. The highest BCUT2D eigenvalue weighted by molar-refractivity contribution is 6.35. The number of hydrogen-bond acceptors (Lipinski definition) is 2. The molecule has 2 aromatic rings. The highest BCUT2D eigenvalue weighted by atomic mass is 35.5. The van der Waals surface area contributed by atoms with Crippen molar-refractivity contribution in [3.63, 3.8) is 0 Å². The highest BCUT2D eigenvalue weighted by Gasteiger charge is 2.09. The minimum absolute atomic E-state index is 0.402. The maximum atomic E-state index is 6.11. The first kappa shape index (κ1) is 10.5. The van der Waals surface area contributed by atoms with Gasteiger partial charge in [0.2, 0.25) is 0 Å². The van der Waals surface area contributed by atoms with Crippen LogP contribution in [-0.2, 0) is 18.0 Å². The number of benzene rings is 1. The topological polar surface area (TPSA) is 40.2 Å². The predicted molar refractivity (Wildman–Crippen MR) is 61.6 cm³/mol. The van der Waals surface area contributed by atoms with E-state index >= 15 is 0 Å². The Morgan fingerprint density at radius 2 is 2.27 bits per heavy atom. The van der Waals surface area contributed by atoms with Crippen LogP contribution in [0, 0.1) is 0 Å². The van der Waals surface area contributed by atoms with Crippen molar-refractivity contribution in [3.8, 4) is 0 Å². The molecule has 2 N–H and O–H groups in total. The SMILES string of the molecule is CCn1c(CON)cc2c(Cl)cccc21. The standard InChI is InChI=1S/C11H13ClN2O/c1-2-14-8(7-15-13)6-9-10(12)4-3-5-11(9)14/h3-6H,2,7,13H2,1H3. The minimum atomic E-state index is 0.402. The Morgan fingerprint density at radius 1 is 1.47 bits per heavy atom. The van der Waals surface area contributed by atoms with Crippen LogP contribution in [0.2, 0.25) is 5.02 Å². The van der Waals surface area contributed by atoms with Gasteiger partial charge in [-0.15, -0.1) is 0 Å². The third-order valence-corrected chi connectivity index (χ3v) is 2.86. The number of rotatable bonds is 3. The van der Waals surface area contributed by atoms with E-state index in [0.717, 1.165) is 28.2 Å². The van der Waals surface area contributed by atoms with Gasteiger partial charge in [0.15, 0.2) is 0 Å². The molecule has 4 heteroatoms. The summed E-state index contributed by atoms with van der Waals surface area (Å²) in [5.74, 6) is 5.10. The Hall–Kier alpha value is -1.03. The molecule has 0 unspecified atom stereocenters. The first-order valence-electron chi connectivity index (χ1n) is 4.86. The Kier molecular flexibility index (Phi) is 2.95. The summed E-state index contributed by atoms with van der Waals surface area (Å²) in [6.45, 7) is 3.36. The second-order valence-electron chi connectivity index (χ2n) is 3.36. The van der Waals surface area contributed by atoms with Crippen LogP contribution in [0.1, 0.15) is 12.6 Å². The second kappa shape index (κ2) is 4.23. The summed E-state index contributed by atoms with van der Waals surface area (Å²) >= 11 is 6.11. The lowest BCUT2D eigenvalue weighted by Gasteiger charge is -2.06. The number of nitrogens with two attached hydrogens (primary N) is 1. The van der Waals surface area contributed by atoms with Crippen LogP contribution in [0.4, 0.5) is 0 Å². The van der Waals surface area contributed by atoms with Gasteiger partial charge in [0.05, 0.1) is 0 Å². The zero-order valence-electron chi connectivity index (χ0n) is 8.53. The Morgan fingerprint density at radius 3 is 2.93 bits per heavy atom. The largest absolute Gasteiger partial charge is 0.343 e. The number of nitrogens with zero attached hydrogens (tertiary/aromatic N) is 1. The summed E-state index contributed by atoms with van der Waals surface area (Å²) in [6, 6.07) is 7.90. The first-order valence-corrected chi connectivity index (χ1v) is 5.24. The summed E-state index contributed by atoms with van der Waals surface area (Å²) in [6.07, 6.45) is 0. The molecule has 1 aromatic heterocycles. The smallest absolute Gasteiger partial charge is 0.108 e. The molecule has 0 aliphatic heterocycles. The van der Waals surface area contributed by atoms with E-state index in [9.17, 15) is 0 Å². The summed E-state index contributed by atoms with van der Waals surface area (Å²) in [5.41, 5.74) is 2.17. The predicted octanol–water partition coefficient (Wildman–Crippen LogP) is 2.70. The molecular weight excluding hydrogens is 212 g/mol. The van der Waals surface area contributed by atoms with Gasteiger partial charge in [-0.05, 0) is 25.1 Å². The molecule has 0 aliphatic rings. The molecule has 1 heterocycles. The van der Waals surface area contributed by atoms with Crippen LogP contribution >= 0.6 is 11.6 Å². The van der Waals surface area contributed by atoms with Crippen molar-refractivity contribution in [2.75, 3.05) is 0 Å². The van der Waals surface area contributed by atoms with E-state index in [1.54, 1.807) is 0 Å². The normalized spacial score (nSPS) is 11.1. The van der Waals surface area contributed by atoms with Crippen molar-refractivity contribution in [1.29, 1.82) is 0 Å². The third-order valence-electron chi connectivity index (χ3n) is 2.53. The summed E-state index contributed by atoms with van der Waals surface area (Å²) < 4.78 is 2.15. The van der Waals surface area contributed by atoms with Crippen molar-refractivity contribution in [3.05, 3.63) is 35.0 Å². The third kappa shape index (κ3) is 1.74. The van der Waals surface area contributed by atoms with E-state index in [4.69, 9.17) is 17.5 Å². The molecule has 0 saturated carbocycles. The van der Waals surface area contributed by atoms with Crippen molar-refractivity contribution in [1.82, 2.24) is 4.57 Å². The molecule has 0 saturated heterocycles. The van der Waals surface area contributed by atoms with Crippen LogP contribution in [0.25, 0.3) is 10.9 Å². The summed E-state index contributed by atoms with van der Waals surface area (Å²) in [5, 5.41) is 1.81. The van der Waals surface area contributed by atoms with Crippen LogP contribution in [0.15, 0.2) is 24.3 Å². The minimum Gasteiger partial charge on any atom is -0.343 e. The molecule has 1 aromatic carbocycles. The maximum absolute atomic E-state index is 6.11. The fourth-order valence-corrected chi connectivity index (χ4v) is 2.11. The Bertz CT molecular complexity index is 479. The zero-order valence-corrected chi connectivity index (χ0v) is 9.29. The van der Waals surface area contributed by atoms with Gasteiger partial charge in [-0.1, -0.05) is 17.7 Å². The van der Waals surface area contributed by atoms with Gasteiger partial charge in [-0.3, -0.25) is 4.84 Å². The lowest BCUT2D eigenvalue weighted by molar-refractivity contribution is 0.119. The Balaban J connectivity index is 2.67. The summed E-state index contributed by atoms with van der Waals surface area (Å²) in [7, 11) is 0. The van der Waals surface area contributed by atoms with E-state index in [1.807, 2.05) is 24.3 Å². The van der Waals surface area contributed by atoms with Gasteiger partial charge in [0.25, 0.3) is 0 Å². The van der Waals surface area contributed by atoms with Crippen molar-refractivity contribution >= 4 is 22.5 Å². The molecule has 0 aliphatic carbocycles. The number of hydrogen-bond donors (Lipinski definition) is 1. The van der Waals surface area contributed by atoms with Gasteiger partial charge in [-0.25, -0.2) is 5.90 Å². The molecule has 15 heavy (non-hydrogen) atoms. The molecular formula is C11H13ClN2O. The average molecular weight is 225 g/mol. The molecule has 0 amide bonds. The van der Waals surface area contributed by atoms with Crippen molar-refractivity contribution in [2.24, 2.45) is 5.90 Å². The molecule has 80 valence electrons. The fourth-order valence-electron chi connectivity index (χ4n) is 1.88. The van der Waals surface area contributed by atoms with Crippen LogP contribution in [0.3, 0.4) is 0 Å². The van der Waals surface area contributed by atoms with Gasteiger partial charge in [-0.2, -0.15) is 0 Å². The monoisotopic (exact) mass is 224 g/mol. The van der Waals surface area contributed by atoms with E-state index in [2.05, 4.69) is 16.3 Å². The molecule has 2 rings (SSSR count). The van der Waals surface area contributed by atoms with Crippen molar-refractivity contribution < 1.29 is 4.84 Å². The second-order valence-corrected chi connectivity index (χ2v) is 3.77. The fraction of sp³-hybridized carbons (Fsp3) is 0.273. The Labute approximate surface area is 93.3 Å². The average Bonchev–Trinajstić information content (AvgIpc) is 2.58. The number of fused-ring (bicyclic) bond motifs is 1.